The van der Waals surface area contributed by atoms with E-state index in [-0.39, 0.29) is 18.8 Å². The molecule has 5 rings (SSSR count). The van der Waals surface area contributed by atoms with Gasteiger partial charge in [0.05, 0.1) is 60.2 Å². The Morgan fingerprint density at radius 2 is 1.92 bits per heavy atom. The molecule has 5 heterocycles. The summed E-state index contributed by atoms with van der Waals surface area (Å²) in [5.41, 5.74) is 4.71. The first-order valence-electron chi connectivity index (χ1n) is 13.3. The molecule has 12 nitrogen and oxygen atoms in total. The summed E-state index contributed by atoms with van der Waals surface area (Å²) < 4.78 is 21.9. The molecule has 2 N–H and O–H groups in total. The number of nitrogens with zero attached hydrogens (tertiary/aromatic N) is 7. The maximum absolute atomic E-state index is 9.96. The number of H-pyrrole nitrogens is 1. The lowest BCUT2D eigenvalue weighted by atomic mass is 10.1. The average Bonchev–Trinajstić information content (AvgIpc) is 3.55. The van der Waals surface area contributed by atoms with Gasteiger partial charge in [0.1, 0.15) is 11.7 Å². The predicted molar refractivity (Wildman–Crippen MR) is 148 cm³/mol. The van der Waals surface area contributed by atoms with Crippen LogP contribution in [0.1, 0.15) is 50.7 Å². The molecule has 208 valence electrons. The SMILES string of the molecule is CCOc1nn([C@@H](C)CO)c2c1/C=C/c1n[nH]c3cnc(cc13)-c1c(OCC)nn(C)c1O[C@@H](C)CN(C)C2. The van der Waals surface area contributed by atoms with Gasteiger partial charge in [0, 0.05) is 25.5 Å². The van der Waals surface area contributed by atoms with Crippen LogP contribution in [0.25, 0.3) is 34.3 Å². The van der Waals surface area contributed by atoms with Crippen LogP contribution < -0.4 is 14.2 Å². The summed E-state index contributed by atoms with van der Waals surface area (Å²) in [6, 6.07) is 1.75. The van der Waals surface area contributed by atoms with Crippen LogP contribution in [0, 0.1) is 0 Å². The summed E-state index contributed by atoms with van der Waals surface area (Å²) in [4.78, 5) is 6.86. The molecule has 1 aliphatic heterocycles. The van der Waals surface area contributed by atoms with Crippen molar-refractivity contribution < 1.29 is 19.3 Å². The van der Waals surface area contributed by atoms with E-state index < -0.39 is 0 Å². The molecule has 4 aromatic heterocycles. The fraction of sp³-hybridized carbons (Fsp3) is 0.481. The molecule has 0 unspecified atom stereocenters. The van der Waals surface area contributed by atoms with Crippen LogP contribution in [0.4, 0.5) is 0 Å². The number of likely N-dealkylation sites (N-methyl/N-ethyl adjacent to an activating group) is 1. The van der Waals surface area contributed by atoms with Crippen LogP contribution in [-0.4, -0.2) is 84.3 Å². The summed E-state index contributed by atoms with van der Waals surface area (Å²) in [6.07, 6.45) is 5.51. The largest absolute Gasteiger partial charge is 0.476 e. The lowest BCUT2D eigenvalue weighted by Gasteiger charge is -2.24. The van der Waals surface area contributed by atoms with Crippen molar-refractivity contribution in [2.45, 2.75) is 46.4 Å². The second-order valence-electron chi connectivity index (χ2n) is 9.80. The van der Waals surface area contributed by atoms with E-state index in [2.05, 4.69) is 20.2 Å². The molecule has 2 bridgehead atoms. The number of fused-ring (bicyclic) bond motifs is 4. The summed E-state index contributed by atoms with van der Waals surface area (Å²) in [5, 5.41) is 27.8. The molecule has 1 aliphatic rings. The van der Waals surface area contributed by atoms with Crippen molar-refractivity contribution in [2.75, 3.05) is 33.4 Å². The Morgan fingerprint density at radius 1 is 1.15 bits per heavy atom. The fourth-order valence-electron chi connectivity index (χ4n) is 4.90. The first-order valence-corrected chi connectivity index (χ1v) is 13.3. The maximum atomic E-state index is 9.96. The number of aryl methyl sites for hydroxylation is 1. The van der Waals surface area contributed by atoms with Crippen molar-refractivity contribution in [1.82, 2.24) is 39.6 Å². The van der Waals surface area contributed by atoms with Gasteiger partial charge in [-0.05, 0) is 53.0 Å². The highest BCUT2D eigenvalue weighted by Crippen LogP contribution is 2.39. The fourth-order valence-corrected chi connectivity index (χ4v) is 4.90. The molecule has 0 fully saturated rings. The van der Waals surface area contributed by atoms with Gasteiger partial charge >= 0.3 is 0 Å². The van der Waals surface area contributed by atoms with Gasteiger partial charge in [0.15, 0.2) is 0 Å². The smallest absolute Gasteiger partial charge is 0.246 e. The maximum Gasteiger partial charge on any atom is 0.246 e. The van der Waals surface area contributed by atoms with E-state index in [1.54, 1.807) is 10.9 Å². The lowest BCUT2D eigenvalue weighted by molar-refractivity contribution is 0.145. The van der Waals surface area contributed by atoms with Gasteiger partial charge in [-0.1, -0.05) is 0 Å². The van der Waals surface area contributed by atoms with Gasteiger partial charge in [0.25, 0.3) is 0 Å². The van der Waals surface area contributed by atoms with Crippen LogP contribution in [0.5, 0.6) is 17.6 Å². The number of nitrogens with one attached hydrogen (secondary N) is 1. The topological polar surface area (TPSA) is 128 Å². The molecule has 0 aliphatic carbocycles. The second kappa shape index (κ2) is 11.1. The van der Waals surface area contributed by atoms with Gasteiger partial charge in [-0.15, -0.1) is 10.2 Å². The molecule has 0 aromatic carbocycles. The predicted octanol–water partition coefficient (Wildman–Crippen LogP) is 3.29. The molecule has 2 atom stereocenters. The summed E-state index contributed by atoms with van der Waals surface area (Å²) in [7, 11) is 3.87. The van der Waals surface area contributed by atoms with Gasteiger partial charge in [-0.2, -0.15) is 5.10 Å². The minimum atomic E-state index is -0.223. The molecule has 0 saturated heterocycles. The highest BCUT2D eigenvalue weighted by atomic mass is 16.5. The standard InChI is InChI=1S/C27H36N8O4/c1-7-37-25-18-9-10-20-19-11-21(28-12-22(19)30-29-20)24-26(38-8-2)31-34(6)27(24)39-17(4)13-33(5)14-23(18)35(32-25)16(3)15-36/h9-12,16-17,36H,7-8,13-15H2,1-6H3,(H,29,30)/b10-9+/t16-,17-/m0/s1. The summed E-state index contributed by atoms with van der Waals surface area (Å²) in [6.45, 7) is 9.89. The number of aromatic amines is 1. The third kappa shape index (κ3) is 5.09. The van der Waals surface area contributed by atoms with E-state index >= 15 is 0 Å². The van der Waals surface area contributed by atoms with Gasteiger partial charge in [0.2, 0.25) is 17.6 Å². The van der Waals surface area contributed by atoms with Crippen molar-refractivity contribution >= 4 is 23.1 Å². The van der Waals surface area contributed by atoms with E-state index in [0.29, 0.717) is 55.2 Å². The van der Waals surface area contributed by atoms with Gasteiger partial charge in [-0.3, -0.25) is 19.7 Å². The van der Waals surface area contributed by atoms with Crippen molar-refractivity contribution in [1.29, 1.82) is 0 Å². The lowest BCUT2D eigenvalue weighted by Crippen LogP contribution is -2.32. The first kappa shape index (κ1) is 26.7. The van der Waals surface area contributed by atoms with Gasteiger partial charge < -0.3 is 19.3 Å². The highest BCUT2D eigenvalue weighted by Gasteiger charge is 2.26. The summed E-state index contributed by atoms with van der Waals surface area (Å²) in [5.74, 6) is 1.58. The highest BCUT2D eigenvalue weighted by molar-refractivity contribution is 5.92. The monoisotopic (exact) mass is 536 g/mol. The molecule has 0 amide bonds. The molecule has 0 saturated carbocycles. The van der Waals surface area contributed by atoms with Crippen molar-refractivity contribution in [2.24, 2.45) is 7.05 Å². The Morgan fingerprint density at radius 3 is 2.67 bits per heavy atom. The number of hydrogen-bond donors (Lipinski definition) is 2. The zero-order valence-electron chi connectivity index (χ0n) is 23.3. The molecular weight excluding hydrogens is 500 g/mol. The third-order valence-corrected chi connectivity index (χ3v) is 6.66. The van der Waals surface area contributed by atoms with Crippen LogP contribution >= 0.6 is 0 Å². The molecule has 12 heteroatoms. The normalized spacial score (nSPS) is 17.7. The number of aliphatic hydroxyl groups is 1. The number of ether oxygens (including phenoxy) is 3. The first-order chi connectivity index (χ1) is 18.8. The molecular formula is C27H36N8O4. The number of pyridine rings is 1. The van der Waals surface area contributed by atoms with Crippen molar-refractivity contribution in [3.05, 3.63) is 29.2 Å². The zero-order valence-corrected chi connectivity index (χ0v) is 23.3. The van der Waals surface area contributed by atoms with Crippen molar-refractivity contribution in [3.8, 4) is 28.9 Å². The Bertz CT molecular complexity index is 1490. The minimum absolute atomic E-state index is 0.0438. The number of hydrogen-bond acceptors (Lipinski definition) is 9. The number of aliphatic hydroxyl groups excluding tert-OH is 1. The van der Waals surface area contributed by atoms with Crippen LogP contribution in [0.3, 0.4) is 0 Å². The molecule has 39 heavy (non-hydrogen) atoms. The molecule has 0 radical (unpaired) electrons. The molecule has 0 spiro atoms. The van der Waals surface area contributed by atoms with Crippen LogP contribution in [-0.2, 0) is 13.6 Å². The Balaban J connectivity index is 1.72. The van der Waals surface area contributed by atoms with Crippen LogP contribution in [0.15, 0.2) is 12.3 Å². The quantitative estimate of drug-likeness (QED) is 0.381. The Kier molecular flexibility index (Phi) is 7.58. The minimum Gasteiger partial charge on any atom is -0.476 e. The Hall–Kier alpha value is -3.90. The van der Waals surface area contributed by atoms with E-state index in [9.17, 15) is 5.11 Å². The van der Waals surface area contributed by atoms with Crippen molar-refractivity contribution in [3.63, 3.8) is 0 Å². The zero-order chi connectivity index (χ0) is 27.7. The van der Waals surface area contributed by atoms with E-state index in [1.165, 1.54) is 0 Å². The third-order valence-electron chi connectivity index (χ3n) is 6.66. The Labute approximate surface area is 227 Å². The molecule has 4 aromatic rings. The van der Waals surface area contributed by atoms with E-state index in [1.807, 2.05) is 64.7 Å². The second-order valence-corrected chi connectivity index (χ2v) is 9.80. The summed E-state index contributed by atoms with van der Waals surface area (Å²) >= 11 is 0. The number of aromatic nitrogens is 7. The average molecular weight is 537 g/mol. The van der Waals surface area contributed by atoms with Crippen LogP contribution in [0.2, 0.25) is 0 Å². The van der Waals surface area contributed by atoms with E-state index in [0.717, 1.165) is 27.9 Å². The van der Waals surface area contributed by atoms with E-state index in [4.69, 9.17) is 24.3 Å². The van der Waals surface area contributed by atoms with Gasteiger partial charge in [-0.25, -0.2) is 4.68 Å². The number of rotatable bonds is 6.